The molecule has 0 aliphatic carbocycles. The monoisotopic (exact) mass is 548 g/mol. The van der Waals surface area contributed by atoms with Gasteiger partial charge in [-0.3, -0.25) is 14.3 Å². The van der Waals surface area contributed by atoms with Crippen LogP contribution in [0.1, 0.15) is 25.0 Å². The Hall–Kier alpha value is -3.91. The van der Waals surface area contributed by atoms with E-state index in [1.807, 2.05) is 54.6 Å². The van der Waals surface area contributed by atoms with Crippen molar-refractivity contribution in [2.45, 2.75) is 13.8 Å². The molecule has 0 spiro atoms. The zero-order chi connectivity index (χ0) is 28.2. The Kier molecular flexibility index (Phi) is 8.55. The molecule has 0 aromatic heterocycles. The number of hydrogen-bond donors (Lipinski definition) is 2. The molecule has 1 aliphatic heterocycles. The number of amides is 3. The third-order valence-electron chi connectivity index (χ3n) is 6.17. The largest absolute Gasteiger partial charge is 0.361 e. The van der Waals surface area contributed by atoms with Crippen molar-refractivity contribution in [1.29, 1.82) is 0 Å². The summed E-state index contributed by atoms with van der Waals surface area (Å²) in [6.07, 6.45) is 0. The molecule has 3 aromatic rings. The first kappa shape index (κ1) is 28.1. The van der Waals surface area contributed by atoms with Gasteiger partial charge in [-0.2, -0.15) is 0 Å². The second-order valence-corrected chi connectivity index (χ2v) is 11.1. The molecule has 9 nitrogen and oxygen atoms in total. The van der Waals surface area contributed by atoms with Gasteiger partial charge in [0.1, 0.15) is 0 Å². The summed E-state index contributed by atoms with van der Waals surface area (Å²) >= 11 is 0. The van der Waals surface area contributed by atoms with Crippen molar-refractivity contribution in [3.8, 4) is 0 Å². The van der Waals surface area contributed by atoms with Gasteiger partial charge < -0.3 is 24.6 Å². The van der Waals surface area contributed by atoms with Crippen LogP contribution in [-0.4, -0.2) is 51.2 Å². The summed E-state index contributed by atoms with van der Waals surface area (Å²) in [4.78, 5) is 28.7. The molecule has 0 atom stereocenters. The third kappa shape index (κ3) is 5.91. The summed E-state index contributed by atoms with van der Waals surface area (Å²) in [5, 5.41) is 6.70. The number of rotatable bonds is 9. The molecule has 0 fully saturated rings. The number of carbonyl (C=O) groups excluding carboxylic acids is 2. The smallest absolute Gasteiger partial charge is 0.354 e. The molecular weight excluding hydrogens is 515 g/mol. The molecular formula is C29H33N4O5P. The Balaban J connectivity index is 1.80. The Bertz CT molecular complexity index is 1430. The summed E-state index contributed by atoms with van der Waals surface area (Å²) in [7, 11) is 1.54. The fraction of sp³-hybridized carbons (Fsp3) is 0.241. The van der Waals surface area contributed by atoms with Crippen LogP contribution < -0.4 is 20.8 Å². The fourth-order valence-electron chi connectivity index (χ4n) is 4.31. The van der Waals surface area contributed by atoms with E-state index in [9.17, 15) is 14.2 Å². The lowest BCUT2D eigenvalue weighted by Gasteiger charge is -2.22. The molecule has 0 saturated carbocycles. The molecule has 39 heavy (non-hydrogen) atoms. The van der Waals surface area contributed by atoms with Gasteiger partial charge in [0.15, 0.2) is 0 Å². The Morgan fingerprint density at radius 1 is 0.923 bits per heavy atom. The van der Waals surface area contributed by atoms with Gasteiger partial charge in [-0.05, 0) is 61.9 Å². The average Bonchev–Trinajstić information content (AvgIpc) is 3.26. The topological polar surface area (TPSA) is 100 Å². The maximum atomic E-state index is 13.5. The van der Waals surface area contributed by atoms with E-state index in [-0.39, 0.29) is 25.2 Å². The van der Waals surface area contributed by atoms with E-state index in [1.54, 1.807) is 58.1 Å². The van der Waals surface area contributed by atoms with E-state index in [2.05, 4.69) is 10.6 Å². The lowest BCUT2D eigenvalue weighted by Crippen LogP contribution is -2.36. The third-order valence-corrected chi connectivity index (χ3v) is 8.27. The van der Waals surface area contributed by atoms with Crippen molar-refractivity contribution in [3.63, 3.8) is 0 Å². The summed E-state index contributed by atoms with van der Waals surface area (Å²) < 4.78 is 24.6. The van der Waals surface area contributed by atoms with Crippen LogP contribution in [0.2, 0.25) is 0 Å². The highest BCUT2D eigenvalue weighted by molar-refractivity contribution is 7.62. The summed E-state index contributed by atoms with van der Waals surface area (Å²) in [5.41, 5.74) is 4.43. The minimum atomic E-state index is -3.57. The summed E-state index contributed by atoms with van der Waals surface area (Å²) in [6, 6.07) is 21.8. The second-order valence-electron chi connectivity index (χ2n) is 9.04. The lowest BCUT2D eigenvalue weighted by atomic mass is 10.00. The maximum Gasteiger partial charge on any atom is 0.361 e. The number of nitrogens with one attached hydrogen (secondary N) is 2. The number of benzene rings is 3. The maximum absolute atomic E-state index is 13.5. The molecule has 10 heteroatoms. The van der Waals surface area contributed by atoms with Crippen LogP contribution in [0, 0.1) is 0 Å². The quantitative estimate of drug-likeness (QED) is 0.266. The van der Waals surface area contributed by atoms with Gasteiger partial charge in [0, 0.05) is 43.8 Å². The van der Waals surface area contributed by atoms with Crippen molar-refractivity contribution in [3.05, 3.63) is 83.9 Å². The van der Waals surface area contributed by atoms with Crippen LogP contribution in [0.5, 0.6) is 0 Å². The minimum Gasteiger partial charge on any atom is -0.354 e. The van der Waals surface area contributed by atoms with Crippen molar-refractivity contribution < 1.29 is 23.2 Å². The zero-order valence-electron chi connectivity index (χ0n) is 22.7. The Labute approximate surface area is 228 Å². The molecule has 3 amide bonds. The molecule has 2 N–H and O–H groups in total. The fourth-order valence-corrected chi connectivity index (χ4v) is 5.90. The molecule has 0 radical (unpaired) electrons. The van der Waals surface area contributed by atoms with Gasteiger partial charge in [0.2, 0.25) is 0 Å². The first-order valence-corrected chi connectivity index (χ1v) is 14.2. The van der Waals surface area contributed by atoms with Gasteiger partial charge in [-0.1, -0.05) is 30.3 Å². The van der Waals surface area contributed by atoms with Gasteiger partial charge >= 0.3 is 13.6 Å². The first-order chi connectivity index (χ1) is 18.7. The van der Waals surface area contributed by atoms with Crippen LogP contribution in [0.4, 0.5) is 21.9 Å². The normalized spacial score (nSPS) is 13.9. The standard InChI is InChI=1S/C29H33N4O5P/c1-6-37-39(36,38-7-2)23-17-18-25-24(19-23)26(28(34)31-25)27(20-11-9-8-10-12-20)30-21-13-15-22(16-14-21)33(5)29(35)32(3)4/h8-19,30H,6-7H2,1-5H3,(H,31,34)/b27-26-. The van der Waals surface area contributed by atoms with E-state index in [0.717, 1.165) is 16.9 Å². The van der Waals surface area contributed by atoms with Gasteiger partial charge in [0.05, 0.1) is 29.8 Å². The highest BCUT2D eigenvalue weighted by atomic mass is 31.2. The van der Waals surface area contributed by atoms with Crippen LogP contribution in [0.25, 0.3) is 11.3 Å². The SMILES string of the molecule is CCOP(=O)(OCC)c1ccc2c(c1)/C(=C(/Nc1ccc(N(C)C(=O)N(C)C)cc1)c1ccccc1)C(=O)N2. The van der Waals surface area contributed by atoms with Crippen molar-refractivity contribution in [2.24, 2.45) is 0 Å². The highest BCUT2D eigenvalue weighted by Gasteiger charge is 2.33. The molecule has 1 aliphatic rings. The summed E-state index contributed by atoms with van der Waals surface area (Å²) in [5.74, 6) is -0.288. The number of urea groups is 1. The number of fused-ring (bicyclic) bond motifs is 1. The molecule has 4 rings (SSSR count). The molecule has 204 valence electrons. The van der Waals surface area contributed by atoms with Crippen molar-refractivity contribution >= 4 is 53.2 Å². The van der Waals surface area contributed by atoms with Crippen LogP contribution in [0.3, 0.4) is 0 Å². The number of hydrogen-bond acceptors (Lipinski definition) is 6. The predicted molar refractivity (Wildman–Crippen MR) is 156 cm³/mol. The lowest BCUT2D eigenvalue weighted by molar-refractivity contribution is -0.110. The molecule has 3 aromatic carbocycles. The van der Waals surface area contributed by atoms with Crippen LogP contribution in [0.15, 0.2) is 72.8 Å². The van der Waals surface area contributed by atoms with E-state index in [4.69, 9.17) is 9.05 Å². The van der Waals surface area contributed by atoms with Gasteiger partial charge in [-0.15, -0.1) is 0 Å². The summed E-state index contributed by atoms with van der Waals surface area (Å²) in [6.45, 7) is 3.95. The number of anilines is 3. The first-order valence-electron chi connectivity index (χ1n) is 12.7. The van der Waals surface area contributed by atoms with Gasteiger partial charge in [-0.25, -0.2) is 4.79 Å². The molecule has 0 bridgehead atoms. The number of carbonyl (C=O) groups is 2. The van der Waals surface area contributed by atoms with Crippen molar-refractivity contribution in [2.75, 3.05) is 49.9 Å². The second kappa shape index (κ2) is 11.9. The van der Waals surface area contributed by atoms with E-state index >= 15 is 0 Å². The molecule has 1 heterocycles. The minimum absolute atomic E-state index is 0.144. The average molecular weight is 549 g/mol. The molecule has 0 saturated heterocycles. The van der Waals surface area contributed by atoms with Crippen molar-refractivity contribution in [1.82, 2.24) is 4.90 Å². The van der Waals surface area contributed by atoms with E-state index in [0.29, 0.717) is 27.8 Å². The predicted octanol–water partition coefficient (Wildman–Crippen LogP) is 5.63. The van der Waals surface area contributed by atoms with E-state index in [1.165, 1.54) is 4.90 Å². The number of nitrogens with zero attached hydrogens (tertiary/aromatic N) is 2. The van der Waals surface area contributed by atoms with Crippen LogP contribution in [-0.2, 0) is 18.4 Å². The Morgan fingerprint density at radius 3 is 2.15 bits per heavy atom. The Morgan fingerprint density at radius 2 is 1.56 bits per heavy atom. The van der Waals surface area contributed by atoms with Gasteiger partial charge in [0.25, 0.3) is 5.91 Å². The zero-order valence-corrected chi connectivity index (χ0v) is 23.6. The van der Waals surface area contributed by atoms with E-state index < -0.39 is 7.60 Å². The highest BCUT2D eigenvalue weighted by Crippen LogP contribution is 2.48. The van der Waals surface area contributed by atoms with Crippen LogP contribution >= 0.6 is 7.60 Å². The molecule has 0 unspecified atom stereocenters.